The van der Waals surface area contributed by atoms with Crippen LogP contribution in [0.15, 0.2) is 95.7 Å². The van der Waals surface area contributed by atoms with Gasteiger partial charge in [0.2, 0.25) is 0 Å². The number of hydrogen-bond donors (Lipinski definition) is 0. The number of hydrogen-bond acceptors (Lipinski definition) is 6. The lowest BCUT2D eigenvalue weighted by Crippen LogP contribution is -2.24. The van der Waals surface area contributed by atoms with E-state index in [1.165, 1.54) is 19.1 Å². The molecule has 0 saturated carbocycles. The van der Waals surface area contributed by atoms with Crippen LogP contribution in [0.25, 0.3) is 6.08 Å². The van der Waals surface area contributed by atoms with Gasteiger partial charge in [-0.1, -0.05) is 48.5 Å². The predicted molar refractivity (Wildman–Crippen MR) is 135 cm³/mol. The number of rotatable bonds is 7. The Kier molecular flexibility index (Phi) is 7.30. The van der Waals surface area contributed by atoms with Gasteiger partial charge in [-0.15, -0.1) is 0 Å². The van der Waals surface area contributed by atoms with Crippen molar-refractivity contribution in [2.45, 2.75) is 13.5 Å². The van der Waals surface area contributed by atoms with Gasteiger partial charge in [-0.3, -0.25) is 9.69 Å². The van der Waals surface area contributed by atoms with Crippen LogP contribution in [0.3, 0.4) is 0 Å². The molecule has 0 fully saturated rings. The molecular formula is C29H25NO6. The number of benzene rings is 3. The van der Waals surface area contributed by atoms with Crippen LogP contribution in [0.5, 0.6) is 5.75 Å². The zero-order chi connectivity index (χ0) is 25.7. The summed E-state index contributed by atoms with van der Waals surface area (Å²) in [6.45, 7) is 2.03. The Hall–Kier alpha value is -4.65. The van der Waals surface area contributed by atoms with Gasteiger partial charge < -0.3 is 14.2 Å². The van der Waals surface area contributed by atoms with E-state index < -0.39 is 17.8 Å². The van der Waals surface area contributed by atoms with Crippen molar-refractivity contribution in [1.82, 2.24) is 0 Å². The quantitative estimate of drug-likeness (QED) is 0.350. The summed E-state index contributed by atoms with van der Waals surface area (Å²) in [5, 5.41) is 0. The minimum Gasteiger partial charge on any atom is -0.488 e. The number of anilines is 1. The maximum absolute atomic E-state index is 13.6. The van der Waals surface area contributed by atoms with Crippen LogP contribution in [0, 0.1) is 0 Å². The summed E-state index contributed by atoms with van der Waals surface area (Å²) in [5.74, 6) is -0.922. The summed E-state index contributed by atoms with van der Waals surface area (Å²) >= 11 is 0. The number of carbonyl (C=O) groups excluding carboxylic acids is 3. The van der Waals surface area contributed by atoms with E-state index in [2.05, 4.69) is 0 Å². The molecule has 1 amide bonds. The topological polar surface area (TPSA) is 82.1 Å². The Morgan fingerprint density at radius 3 is 2.14 bits per heavy atom. The van der Waals surface area contributed by atoms with Gasteiger partial charge in [-0.25, -0.2) is 9.59 Å². The highest BCUT2D eigenvalue weighted by Gasteiger charge is 2.38. The molecule has 0 spiro atoms. The average Bonchev–Trinajstić information content (AvgIpc) is 3.16. The fourth-order valence-corrected chi connectivity index (χ4v) is 3.98. The Balaban J connectivity index is 1.71. The van der Waals surface area contributed by atoms with Crippen molar-refractivity contribution in [3.8, 4) is 5.75 Å². The molecule has 0 saturated heterocycles. The highest BCUT2D eigenvalue weighted by Crippen LogP contribution is 2.36. The summed E-state index contributed by atoms with van der Waals surface area (Å²) in [6.07, 6.45) is 1.64. The van der Waals surface area contributed by atoms with E-state index in [0.29, 0.717) is 34.9 Å². The summed E-state index contributed by atoms with van der Waals surface area (Å²) in [6, 6.07) is 23.4. The number of para-hydroxylation sites is 1. The van der Waals surface area contributed by atoms with Crippen molar-refractivity contribution < 1.29 is 28.6 Å². The van der Waals surface area contributed by atoms with Crippen LogP contribution >= 0.6 is 0 Å². The second-order valence-corrected chi connectivity index (χ2v) is 8.00. The zero-order valence-corrected chi connectivity index (χ0v) is 20.2. The number of amides is 1. The first kappa shape index (κ1) is 24.5. The van der Waals surface area contributed by atoms with Gasteiger partial charge in [0, 0.05) is 16.9 Å². The van der Waals surface area contributed by atoms with Gasteiger partial charge in [0.25, 0.3) is 5.91 Å². The third-order valence-corrected chi connectivity index (χ3v) is 5.79. The summed E-state index contributed by atoms with van der Waals surface area (Å²) in [5.41, 5.74) is 3.28. The van der Waals surface area contributed by atoms with E-state index in [1.54, 1.807) is 37.3 Å². The lowest BCUT2D eigenvalue weighted by atomic mass is 10.0. The highest BCUT2D eigenvalue weighted by atomic mass is 16.5. The molecule has 7 heteroatoms. The fourth-order valence-electron chi connectivity index (χ4n) is 3.98. The molecule has 0 unspecified atom stereocenters. The molecule has 1 aliphatic heterocycles. The molecule has 7 nitrogen and oxygen atoms in total. The van der Waals surface area contributed by atoms with Crippen molar-refractivity contribution in [2.24, 2.45) is 0 Å². The standard InChI is InChI=1S/C29H25NO6/c1-19-26(29(33)35-3)24(27(31)30(19)23-15-13-21(14-16-23)28(32)34-2)17-22-11-7-8-12-25(22)36-18-20-9-5-4-6-10-20/h4-17H,18H2,1-3H3. The summed E-state index contributed by atoms with van der Waals surface area (Å²) < 4.78 is 15.8. The molecular weight excluding hydrogens is 458 g/mol. The Labute approximate surface area is 209 Å². The lowest BCUT2D eigenvalue weighted by Gasteiger charge is -2.18. The molecule has 3 aromatic rings. The molecule has 1 aliphatic rings. The van der Waals surface area contributed by atoms with Crippen LogP contribution in [-0.2, 0) is 25.7 Å². The Bertz CT molecular complexity index is 1360. The maximum atomic E-state index is 13.6. The predicted octanol–water partition coefficient (Wildman–Crippen LogP) is 4.93. The molecule has 4 rings (SSSR count). The van der Waals surface area contributed by atoms with E-state index in [-0.39, 0.29) is 11.1 Å². The monoisotopic (exact) mass is 483 g/mol. The third-order valence-electron chi connectivity index (χ3n) is 5.79. The van der Waals surface area contributed by atoms with Crippen LogP contribution in [0.2, 0.25) is 0 Å². The van der Waals surface area contributed by atoms with Crippen molar-refractivity contribution in [1.29, 1.82) is 0 Å². The average molecular weight is 484 g/mol. The normalized spacial score (nSPS) is 14.2. The zero-order valence-electron chi connectivity index (χ0n) is 20.2. The van der Waals surface area contributed by atoms with Gasteiger partial charge in [0.1, 0.15) is 12.4 Å². The smallest absolute Gasteiger partial charge is 0.340 e. The van der Waals surface area contributed by atoms with E-state index >= 15 is 0 Å². The van der Waals surface area contributed by atoms with Gasteiger partial charge in [0.05, 0.1) is 30.9 Å². The summed E-state index contributed by atoms with van der Waals surface area (Å²) in [7, 11) is 2.57. The minimum atomic E-state index is -0.622. The van der Waals surface area contributed by atoms with Crippen molar-refractivity contribution in [3.05, 3.63) is 112 Å². The number of esters is 2. The molecule has 0 N–H and O–H groups in total. The van der Waals surface area contributed by atoms with Gasteiger partial charge >= 0.3 is 11.9 Å². The Morgan fingerprint density at radius 2 is 1.47 bits per heavy atom. The molecule has 1 heterocycles. The number of ether oxygens (including phenoxy) is 3. The molecule has 182 valence electrons. The van der Waals surface area contributed by atoms with Crippen molar-refractivity contribution in [3.63, 3.8) is 0 Å². The molecule has 3 aromatic carbocycles. The first-order valence-electron chi connectivity index (χ1n) is 11.2. The van der Waals surface area contributed by atoms with E-state index in [0.717, 1.165) is 5.56 Å². The highest BCUT2D eigenvalue weighted by molar-refractivity contribution is 6.24. The van der Waals surface area contributed by atoms with E-state index in [9.17, 15) is 14.4 Å². The summed E-state index contributed by atoms with van der Waals surface area (Å²) in [4.78, 5) is 39.5. The van der Waals surface area contributed by atoms with Crippen molar-refractivity contribution >= 4 is 29.6 Å². The molecule has 36 heavy (non-hydrogen) atoms. The van der Waals surface area contributed by atoms with Crippen LogP contribution in [0.1, 0.15) is 28.4 Å². The van der Waals surface area contributed by atoms with Crippen molar-refractivity contribution in [2.75, 3.05) is 19.1 Å². The number of allylic oxidation sites excluding steroid dienone is 1. The first-order chi connectivity index (χ1) is 17.4. The number of carbonyl (C=O) groups is 3. The molecule has 0 radical (unpaired) electrons. The molecule has 0 aromatic heterocycles. The molecule has 0 bridgehead atoms. The second kappa shape index (κ2) is 10.7. The SMILES string of the molecule is COC(=O)C1=C(C)N(c2ccc(C(=O)OC)cc2)C(=O)C1=Cc1ccccc1OCc1ccccc1. The number of methoxy groups -OCH3 is 2. The van der Waals surface area contributed by atoms with E-state index in [1.807, 2.05) is 54.6 Å². The Morgan fingerprint density at radius 1 is 0.833 bits per heavy atom. The second-order valence-electron chi connectivity index (χ2n) is 8.00. The first-order valence-corrected chi connectivity index (χ1v) is 11.2. The lowest BCUT2D eigenvalue weighted by molar-refractivity contribution is -0.136. The largest absolute Gasteiger partial charge is 0.488 e. The molecule has 0 atom stereocenters. The maximum Gasteiger partial charge on any atom is 0.340 e. The van der Waals surface area contributed by atoms with Gasteiger partial charge in [-0.05, 0) is 48.9 Å². The third kappa shape index (κ3) is 4.90. The fraction of sp³-hybridized carbons (Fsp3) is 0.138. The van der Waals surface area contributed by atoms with Crippen LogP contribution in [-0.4, -0.2) is 32.1 Å². The molecule has 0 aliphatic carbocycles. The van der Waals surface area contributed by atoms with Crippen LogP contribution < -0.4 is 9.64 Å². The van der Waals surface area contributed by atoms with E-state index in [4.69, 9.17) is 14.2 Å². The number of nitrogens with zero attached hydrogens (tertiary/aromatic N) is 1. The van der Waals surface area contributed by atoms with Gasteiger partial charge in [-0.2, -0.15) is 0 Å². The van der Waals surface area contributed by atoms with Gasteiger partial charge in [0.15, 0.2) is 0 Å². The minimum absolute atomic E-state index is 0.164. The van der Waals surface area contributed by atoms with Crippen LogP contribution in [0.4, 0.5) is 5.69 Å².